The van der Waals surface area contributed by atoms with Crippen molar-refractivity contribution in [2.24, 2.45) is 5.73 Å². The van der Waals surface area contributed by atoms with Crippen molar-refractivity contribution in [3.8, 4) is 10.6 Å². The predicted octanol–water partition coefficient (Wildman–Crippen LogP) is 1.90. The zero-order valence-electron chi connectivity index (χ0n) is 7.27. The number of primary amides is 1. The monoisotopic (exact) mass is 224 g/mol. The average Bonchev–Trinajstić information content (AvgIpc) is 2.70. The van der Waals surface area contributed by atoms with Crippen LogP contribution in [0.4, 0.5) is 0 Å². The molecule has 72 valence electrons. The number of nitrogens with zero attached hydrogens (tertiary/aromatic N) is 1. The van der Waals surface area contributed by atoms with E-state index in [2.05, 4.69) is 4.98 Å². The van der Waals surface area contributed by atoms with Gasteiger partial charge in [0.05, 0.1) is 22.5 Å². The minimum Gasteiger partial charge on any atom is -0.369 e. The molecule has 0 aliphatic carbocycles. The van der Waals surface area contributed by atoms with E-state index in [1.165, 1.54) is 0 Å². The third kappa shape index (κ3) is 1.83. The van der Waals surface area contributed by atoms with Gasteiger partial charge in [-0.05, 0) is 17.0 Å². The molecule has 0 aromatic carbocycles. The van der Waals surface area contributed by atoms with E-state index >= 15 is 0 Å². The molecule has 2 aromatic heterocycles. The van der Waals surface area contributed by atoms with Crippen molar-refractivity contribution in [2.45, 2.75) is 6.42 Å². The first-order chi connectivity index (χ1) is 6.77. The first kappa shape index (κ1) is 9.36. The van der Waals surface area contributed by atoms with Gasteiger partial charge in [-0.3, -0.25) is 4.79 Å². The van der Waals surface area contributed by atoms with E-state index in [1.807, 2.05) is 16.8 Å². The highest BCUT2D eigenvalue weighted by molar-refractivity contribution is 7.14. The van der Waals surface area contributed by atoms with E-state index in [1.54, 1.807) is 28.2 Å². The van der Waals surface area contributed by atoms with Crippen molar-refractivity contribution < 1.29 is 4.79 Å². The Labute approximate surface area is 89.2 Å². The maximum Gasteiger partial charge on any atom is 0.221 e. The normalized spacial score (nSPS) is 10.3. The Morgan fingerprint density at radius 2 is 2.43 bits per heavy atom. The van der Waals surface area contributed by atoms with Gasteiger partial charge in [0.2, 0.25) is 5.91 Å². The minimum absolute atomic E-state index is 0.288. The number of hydrogen-bond acceptors (Lipinski definition) is 4. The molecule has 0 unspecified atom stereocenters. The lowest BCUT2D eigenvalue weighted by molar-refractivity contribution is -0.117. The van der Waals surface area contributed by atoms with Crippen LogP contribution in [0.25, 0.3) is 10.6 Å². The molecule has 14 heavy (non-hydrogen) atoms. The number of aromatic nitrogens is 1. The van der Waals surface area contributed by atoms with Crippen molar-refractivity contribution >= 4 is 28.6 Å². The maximum atomic E-state index is 10.8. The number of carbonyl (C=O) groups is 1. The summed E-state index contributed by atoms with van der Waals surface area (Å²) >= 11 is 3.13. The van der Waals surface area contributed by atoms with E-state index in [0.29, 0.717) is 0 Å². The van der Waals surface area contributed by atoms with Crippen LogP contribution >= 0.6 is 22.7 Å². The van der Waals surface area contributed by atoms with Crippen molar-refractivity contribution in [3.05, 3.63) is 27.9 Å². The molecule has 0 spiro atoms. The van der Waals surface area contributed by atoms with Gasteiger partial charge in [0.1, 0.15) is 0 Å². The summed E-state index contributed by atoms with van der Waals surface area (Å²) < 4.78 is 0. The summed E-state index contributed by atoms with van der Waals surface area (Å²) in [5.41, 5.74) is 8.83. The number of nitrogens with two attached hydrogens (primary N) is 1. The highest BCUT2D eigenvalue weighted by Gasteiger charge is 2.10. The number of carbonyl (C=O) groups excluding carboxylic acids is 1. The molecule has 3 nitrogen and oxygen atoms in total. The molecule has 0 aliphatic heterocycles. The SMILES string of the molecule is NC(=O)Cc1ccsc1-c1cscn1. The van der Waals surface area contributed by atoms with E-state index < -0.39 is 0 Å². The van der Waals surface area contributed by atoms with Crippen molar-refractivity contribution in [3.63, 3.8) is 0 Å². The topological polar surface area (TPSA) is 56.0 Å². The highest BCUT2D eigenvalue weighted by Crippen LogP contribution is 2.29. The Morgan fingerprint density at radius 1 is 1.57 bits per heavy atom. The molecular weight excluding hydrogens is 216 g/mol. The lowest BCUT2D eigenvalue weighted by Crippen LogP contribution is -2.13. The molecule has 1 amide bonds. The number of rotatable bonds is 3. The zero-order valence-corrected chi connectivity index (χ0v) is 8.90. The molecule has 0 fully saturated rings. The lowest BCUT2D eigenvalue weighted by atomic mass is 10.1. The summed E-state index contributed by atoms with van der Waals surface area (Å²) in [5.74, 6) is -0.306. The minimum atomic E-state index is -0.306. The molecule has 0 bridgehead atoms. The van der Waals surface area contributed by atoms with Crippen molar-refractivity contribution in [1.29, 1.82) is 0 Å². The summed E-state index contributed by atoms with van der Waals surface area (Å²) in [6.07, 6.45) is 0.288. The fraction of sp³-hybridized carbons (Fsp3) is 0.111. The largest absolute Gasteiger partial charge is 0.369 e. The second-order valence-electron chi connectivity index (χ2n) is 2.79. The van der Waals surface area contributed by atoms with Gasteiger partial charge in [-0.15, -0.1) is 22.7 Å². The third-order valence-electron chi connectivity index (χ3n) is 1.78. The van der Waals surface area contributed by atoms with E-state index in [4.69, 9.17) is 5.73 Å². The van der Waals surface area contributed by atoms with Crippen LogP contribution in [0.5, 0.6) is 0 Å². The van der Waals surface area contributed by atoms with Crippen LogP contribution in [0, 0.1) is 0 Å². The first-order valence-corrected chi connectivity index (χ1v) is 5.83. The maximum absolute atomic E-state index is 10.8. The van der Waals surface area contributed by atoms with Crippen LogP contribution in [0.2, 0.25) is 0 Å². The zero-order chi connectivity index (χ0) is 9.97. The van der Waals surface area contributed by atoms with Gasteiger partial charge < -0.3 is 5.73 Å². The predicted molar refractivity (Wildman–Crippen MR) is 58.3 cm³/mol. The lowest BCUT2D eigenvalue weighted by Gasteiger charge is -1.97. The van der Waals surface area contributed by atoms with Crippen LogP contribution < -0.4 is 5.73 Å². The van der Waals surface area contributed by atoms with E-state index in [9.17, 15) is 4.79 Å². The Bertz CT molecular complexity index is 433. The second kappa shape index (κ2) is 3.89. The Hall–Kier alpha value is -1.20. The summed E-state index contributed by atoms with van der Waals surface area (Å²) in [6, 6.07) is 1.92. The summed E-state index contributed by atoms with van der Waals surface area (Å²) in [7, 11) is 0. The molecule has 2 rings (SSSR count). The molecule has 0 saturated carbocycles. The van der Waals surface area contributed by atoms with Crippen LogP contribution in [0.15, 0.2) is 22.3 Å². The highest BCUT2D eigenvalue weighted by atomic mass is 32.1. The van der Waals surface area contributed by atoms with Gasteiger partial charge in [-0.25, -0.2) is 4.98 Å². The van der Waals surface area contributed by atoms with Crippen molar-refractivity contribution in [1.82, 2.24) is 4.98 Å². The number of amides is 1. The second-order valence-corrected chi connectivity index (χ2v) is 4.43. The number of thiazole rings is 1. The quantitative estimate of drug-likeness (QED) is 0.865. The van der Waals surface area contributed by atoms with Gasteiger partial charge in [-0.1, -0.05) is 0 Å². The molecule has 5 heteroatoms. The Morgan fingerprint density at radius 3 is 3.07 bits per heavy atom. The Kier molecular flexibility index (Phi) is 2.60. The number of hydrogen-bond donors (Lipinski definition) is 1. The molecular formula is C9H8N2OS2. The molecule has 2 aromatic rings. The van der Waals surface area contributed by atoms with Crippen LogP contribution in [-0.4, -0.2) is 10.9 Å². The number of thiophene rings is 1. The Balaban J connectivity index is 2.35. The molecule has 0 radical (unpaired) electrons. The van der Waals surface area contributed by atoms with Gasteiger partial charge in [0.25, 0.3) is 0 Å². The van der Waals surface area contributed by atoms with Gasteiger partial charge in [0.15, 0.2) is 0 Å². The molecule has 2 N–H and O–H groups in total. The standard InChI is InChI=1S/C9H8N2OS2/c10-8(12)3-6-1-2-14-9(6)7-4-13-5-11-7/h1-2,4-5H,3H2,(H2,10,12). The van der Waals surface area contributed by atoms with Crippen LogP contribution in [-0.2, 0) is 11.2 Å². The van der Waals surface area contributed by atoms with Crippen LogP contribution in [0.1, 0.15) is 5.56 Å². The average molecular weight is 224 g/mol. The van der Waals surface area contributed by atoms with E-state index in [0.717, 1.165) is 16.1 Å². The third-order valence-corrected chi connectivity index (χ3v) is 3.34. The molecule has 2 heterocycles. The summed E-state index contributed by atoms with van der Waals surface area (Å²) in [6.45, 7) is 0. The fourth-order valence-electron chi connectivity index (χ4n) is 1.21. The smallest absolute Gasteiger partial charge is 0.221 e. The van der Waals surface area contributed by atoms with Crippen LogP contribution in [0.3, 0.4) is 0 Å². The van der Waals surface area contributed by atoms with E-state index in [-0.39, 0.29) is 12.3 Å². The van der Waals surface area contributed by atoms with Gasteiger partial charge in [0, 0.05) is 5.38 Å². The first-order valence-electron chi connectivity index (χ1n) is 4.00. The summed E-state index contributed by atoms with van der Waals surface area (Å²) in [5, 5.41) is 3.92. The molecule has 0 saturated heterocycles. The van der Waals surface area contributed by atoms with Gasteiger partial charge in [-0.2, -0.15) is 0 Å². The fourth-order valence-corrected chi connectivity index (χ4v) is 2.72. The molecule has 0 atom stereocenters. The van der Waals surface area contributed by atoms with Gasteiger partial charge >= 0.3 is 0 Å². The van der Waals surface area contributed by atoms with Crippen molar-refractivity contribution in [2.75, 3.05) is 0 Å². The summed E-state index contributed by atoms with van der Waals surface area (Å²) in [4.78, 5) is 16.0. The molecule has 0 aliphatic rings.